The molecule has 1 rings (SSSR count). The summed E-state index contributed by atoms with van der Waals surface area (Å²) in [6.07, 6.45) is 1.65. The van der Waals surface area contributed by atoms with E-state index in [0.29, 0.717) is 25.0 Å². The Balaban J connectivity index is 2.82. The molecule has 0 unspecified atom stereocenters. The Morgan fingerprint density at radius 1 is 1.35 bits per heavy atom. The van der Waals surface area contributed by atoms with Crippen LogP contribution in [-0.4, -0.2) is 33.8 Å². The molecule has 0 aromatic rings. The maximum atomic E-state index is 12.1. The van der Waals surface area contributed by atoms with Crippen molar-refractivity contribution >= 4 is 18.5 Å². The minimum Gasteiger partial charge on any atom is -0.862 e. The lowest BCUT2D eigenvalue weighted by Crippen LogP contribution is -2.59. The molecular weight excluding hydrogens is 236 g/mol. The number of hydrogen-bond acceptors (Lipinski definition) is 4. The van der Waals surface area contributed by atoms with Gasteiger partial charge in [-0.25, -0.2) is 0 Å². The van der Waals surface area contributed by atoms with Gasteiger partial charge in [-0.3, -0.25) is 0 Å². The molecule has 1 radical (unpaired) electrons. The second kappa shape index (κ2) is 5.16. The molecule has 0 atom stereocenters. The highest BCUT2D eigenvalue weighted by Crippen LogP contribution is 2.38. The van der Waals surface area contributed by atoms with E-state index in [2.05, 4.69) is 17.6 Å². The first-order valence-electron chi connectivity index (χ1n) is 6.01. The molecule has 1 fully saturated rings. The highest BCUT2D eigenvalue weighted by molar-refractivity contribution is 7.80. The van der Waals surface area contributed by atoms with Gasteiger partial charge in [-0.2, -0.15) is 12.6 Å². The number of nitrogens with zero attached hydrogens (tertiary/aromatic N) is 2. The van der Waals surface area contributed by atoms with E-state index >= 15 is 0 Å². The van der Waals surface area contributed by atoms with Gasteiger partial charge in [0.2, 0.25) is 0 Å². The van der Waals surface area contributed by atoms with Gasteiger partial charge >= 0.3 is 0 Å². The molecule has 1 aliphatic rings. The quantitative estimate of drug-likeness (QED) is 0.473. The summed E-state index contributed by atoms with van der Waals surface area (Å²) in [5.41, 5.74) is -0.922. The Hall–Kier alpha value is -0.260. The van der Waals surface area contributed by atoms with Gasteiger partial charge in [0.1, 0.15) is 0 Å². The number of piperidine rings is 1. The molecule has 0 spiro atoms. The van der Waals surface area contributed by atoms with E-state index in [0.717, 1.165) is 5.06 Å². The van der Waals surface area contributed by atoms with Gasteiger partial charge in [0, 0.05) is 11.1 Å². The fourth-order valence-corrected chi connectivity index (χ4v) is 2.86. The fourth-order valence-electron chi connectivity index (χ4n) is 2.67. The molecule has 5 heteroatoms. The average Bonchev–Trinajstić information content (AvgIpc) is 2.13. The first-order valence-corrected chi connectivity index (χ1v) is 6.64. The number of rotatable bonds is 3. The molecule has 1 saturated heterocycles. The van der Waals surface area contributed by atoms with Crippen molar-refractivity contribution < 1.29 is 10.3 Å². The van der Waals surface area contributed by atoms with E-state index in [4.69, 9.17) is 0 Å². The molecule has 4 nitrogen and oxygen atoms in total. The van der Waals surface area contributed by atoms with Gasteiger partial charge in [-0.1, -0.05) is 0 Å². The Kier molecular flexibility index (Phi) is 4.49. The van der Waals surface area contributed by atoms with Crippen LogP contribution >= 0.6 is 12.6 Å². The number of hydrogen-bond donors (Lipinski definition) is 1. The summed E-state index contributed by atoms with van der Waals surface area (Å²) < 4.78 is 0. The van der Waals surface area contributed by atoms with Crippen LogP contribution in [0.1, 0.15) is 47.0 Å². The zero-order valence-electron chi connectivity index (χ0n) is 11.1. The molecule has 0 amide bonds. The van der Waals surface area contributed by atoms with E-state index in [9.17, 15) is 10.3 Å². The van der Waals surface area contributed by atoms with E-state index in [1.807, 2.05) is 27.7 Å². The van der Waals surface area contributed by atoms with Crippen molar-refractivity contribution in [1.29, 1.82) is 0 Å². The van der Waals surface area contributed by atoms with Gasteiger partial charge in [-0.15, -0.1) is 10.3 Å². The third-order valence-electron chi connectivity index (χ3n) is 3.22. The second-order valence-electron chi connectivity index (χ2n) is 5.98. The van der Waals surface area contributed by atoms with Gasteiger partial charge < -0.3 is 10.1 Å². The zero-order valence-corrected chi connectivity index (χ0v) is 12.0. The van der Waals surface area contributed by atoms with Crippen LogP contribution in [0.5, 0.6) is 0 Å². The van der Waals surface area contributed by atoms with E-state index < -0.39 is 11.1 Å². The molecule has 1 heterocycles. The number of hydroxylamine groups is 2. The fraction of sp³-hybridized carbons (Fsp3) is 0.917. The van der Waals surface area contributed by atoms with Gasteiger partial charge in [0.15, 0.2) is 0 Å². The monoisotopic (exact) mass is 258 g/mol. The molecule has 0 aliphatic carbocycles. The van der Waals surface area contributed by atoms with Crippen molar-refractivity contribution in [3.8, 4) is 0 Å². The van der Waals surface area contributed by atoms with Crippen molar-refractivity contribution in [1.82, 2.24) is 5.06 Å². The van der Waals surface area contributed by atoms with Crippen LogP contribution in [-0.2, 0) is 5.21 Å². The van der Waals surface area contributed by atoms with Crippen molar-refractivity contribution in [2.75, 3.05) is 5.75 Å². The van der Waals surface area contributed by atoms with Crippen molar-refractivity contribution in [2.45, 2.75) is 64.1 Å². The highest BCUT2D eigenvalue weighted by atomic mass is 32.1. The van der Waals surface area contributed by atoms with E-state index in [1.165, 1.54) is 0 Å². The maximum Gasteiger partial charge on any atom is 0.0525 e. The lowest BCUT2D eigenvalue weighted by atomic mass is 9.79. The Labute approximate surface area is 109 Å². The Bertz CT molecular complexity index is 285. The van der Waals surface area contributed by atoms with Crippen LogP contribution in [0.25, 0.3) is 0 Å². The number of aliphatic imine (C=N–C) groups is 1. The lowest BCUT2D eigenvalue weighted by molar-refractivity contribution is -0.289. The molecule has 17 heavy (non-hydrogen) atoms. The van der Waals surface area contributed by atoms with E-state index in [-0.39, 0.29) is 11.9 Å². The summed E-state index contributed by atoms with van der Waals surface area (Å²) in [5.74, 6) is 0.422. The Morgan fingerprint density at radius 2 is 1.82 bits per heavy atom. The summed E-state index contributed by atoms with van der Waals surface area (Å²) in [5, 5.41) is 24.8. The standard InChI is InChI=1S/C12H23N2O2S/c1-11(2)7-9(13-10(15)5-6-17)8-12(3,4)14(11)16/h9,17H,5-8H2,1-4H3,(H,13,15)/p-1. The summed E-state index contributed by atoms with van der Waals surface area (Å²) in [4.78, 5) is 4.20. The predicted octanol–water partition coefficient (Wildman–Crippen LogP) is 1.43. The Morgan fingerprint density at radius 3 is 2.24 bits per heavy atom. The van der Waals surface area contributed by atoms with Crippen molar-refractivity contribution in [3.05, 3.63) is 0 Å². The highest BCUT2D eigenvalue weighted by Gasteiger charge is 2.45. The molecular formula is C12H22N2O2S-. The second-order valence-corrected chi connectivity index (χ2v) is 6.42. The summed E-state index contributed by atoms with van der Waals surface area (Å²) in [7, 11) is 0. The van der Waals surface area contributed by atoms with Crippen LogP contribution in [0.4, 0.5) is 0 Å². The SMILES string of the molecule is CC1(C)CC(N=C([O-])CCS)CC(C)(C)N1[O]. The normalized spacial score (nSPS) is 26.1. The van der Waals surface area contributed by atoms with Crippen molar-refractivity contribution in [2.24, 2.45) is 4.99 Å². The maximum absolute atomic E-state index is 12.1. The molecule has 0 N–H and O–H groups in total. The smallest absolute Gasteiger partial charge is 0.0525 e. The minimum atomic E-state index is -0.461. The largest absolute Gasteiger partial charge is 0.862 e. The van der Waals surface area contributed by atoms with Crippen molar-refractivity contribution in [3.63, 3.8) is 0 Å². The molecule has 1 aliphatic heterocycles. The molecule has 0 aromatic heterocycles. The summed E-state index contributed by atoms with van der Waals surface area (Å²) in [6.45, 7) is 7.64. The topological polar surface area (TPSA) is 58.6 Å². The van der Waals surface area contributed by atoms with E-state index in [1.54, 1.807) is 0 Å². The summed E-state index contributed by atoms with van der Waals surface area (Å²) in [6, 6.07) is -0.0439. The molecule has 0 aromatic carbocycles. The summed E-state index contributed by atoms with van der Waals surface area (Å²) >= 11 is 4.02. The van der Waals surface area contributed by atoms with Gasteiger partial charge in [0.05, 0.1) is 6.04 Å². The molecule has 0 bridgehead atoms. The van der Waals surface area contributed by atoms with Crippen LogP contribution in [0.2, 0.25) is 0 Å². The molecule has 99 valence electrons. The van der Waals surface area contributed by atoms with Gasteiger partial charge in [-0.05, 0) is 58.6 Å². The third kappa shape index (κ3) is 3.60. The first-order chi connectivity index (χ1) is 7.69. The first kappa shape index (κ1) is 14.8. The lowest BCUT2D eigenvalue weighted by Gasteiger charge is -2.49. The van der Waals surface area contributed by atoms with Crippen LogP contribution in [0.15, 0.2) is 4.99 Å². The third-order valence-corrected chi connectivity index (χ3v) is 3.45. The predicted molar refractivity (Wildman–Crippen MR) is 69.6 cm³/mol. The van der Waals surface area contributed by atoms with Crippen LogP contribution in [0.3, 0.4) is 0 Å². The minimum absolute atomic E-state index is 0.0439. The van der Waals surface area contributed by atoms with Crippen LogP contribution in [0, 0.1) is 0 Å². The zero-order chi connectivity index (χ0) is 13.3. The average molecular weight is 258 g/mol. The van der Waals surface area contributed by atoms with Crippen LogP contribution < -0.4 is 5.11 Å². The van der Waals surface area contributed by atoms with Gasteiger partial charge in [0.25, 0.3) is 0 Å². The number of thiol groups is 1. The molecule has 0 saturated carbocycles.